The summed E-state index contributed by atoms with van der Waals surface area (Å²) in [6.07, 6.45) is 0.870. The van der Waals surface area contributed by atoms with Gasteiger partial charge in [-0.15, -0.1) is 0 Å². The Labute approximate surface area is 190 Å². The maximum atomic E-state index is 12.8. The molecule has 0 aromatic heterocycles. The van der Waals surface area contributed by atoms with Gasteiger partial charge in [0.1, 0.15) is 5.75 Å². The number of morpholine rings is 1. The number of sulfonamides is 1. The highest BCUT2D eigenvalue weighted by atomic mass is 32.2. The van der Waals surface area contributed by atoms with E-state index in [1.54, 1.807) is 19.2 Å². The molecule has 1 aliphatic rings. The van der Waals surface area contributed by atoms with Crippen LogP contribution in [-0.4, -0.2) is 76.6 Å². The lowest BCUT2D eigenvalue weighted by atomic mass is 10.2. The molecule has 2 aromatic carbocycles. The molecule has 32 heavy (non-hydrogen) atoms. The number of rotatable bonds is 11. The molecule has 1 heterocycles. The van der Waals surface area contributed by atoms with Gasteiger partial charge in [-0.05, 0) is 42.8 Å². The van der Waals surface area contributed by atoms with Crippen LogP contribution in [0, 0.1) is 0 Å². The second-order valence-corrected chi connectivity index (χ2v) is 9.71. The zero-order chi connectivity index (χ0) is 22.8. The predicted molar refractivity (Wildman–Crippen MR) is 122 cm³/mol. The van der Waals surface area contributed by atoms with Crippen molar-refractivity contribution in [2.24, 2.45) is 0 Å². The summed E-state index contributed by atoms with van der Waals surface area (Å²) in [5.41, 5.74) is 0.912. The van der Waals surface area contributed by atoms with Crippen LogP contribution in [0.2, 0.25) is 0 Å². The first-order valence-electron chi connectivity index (χ1n) is 10.7. The standard InChI is InChI=1S/C23H31N3O5S/c1-25(18-20-6-3-2-4-7-20)32(28,29)22-10-8-21(9-11-22)31-19-23(27)24-12-5-13-26-14-16-30-17-15-26/h2-4,6-11H,5,12-19H2,1H3,(H,24,27). The van der Waals surface area contributed by atoms with Crippen molar-refractivity contribution >= 4 is 15.9 Å². The van der Waals surface area contributed by atoms with Crippen molar-refractivity contribution in [3.05, 3.63) is 60.2 Å². The molecule has 174 valence electrons. The Morgan fingerprint density at radius 3 is 2.47 bits per heavy atom. The van der Waals surface area contributed by atoms with Crippen LogP contribution in [0.25, 0.3) is 0 Å². The Morgan fingerprint density at radius 2 is 1.78 bits per heavy atom. The highest BCUT2D eigenvalue weighted by molar-refractivity contribution is 7.89. The average Bonchev–Trinajstić information content (AvgIpc) is 2.82. The lowest BCUT2D eigenvalue weighted by Gasteiger charge is -2.26. The zero-order valence-electron chi connectivity index (χ0n) is 18.4. The molecule has 3 rings (SSSR count). The van der Waals surface area contributed by atoms with Crippen molar-refractivity contribution < 1.29 is 22.7 Å². The molecule has 2 aromatic rings. The van der Waals surface area contributed by atoms with Gasteiger partial charge in [0, 0.05) is 33.2 Å². The topological polar surface area (TPSA) is 88.2 Å². The van der Waals surface area contributed by atoms with Crippen molar-refractivity contribution in [1.29, 1.82) is 0 Å². The van der Waals surface area contributed by atoms with Crippen molar-refractivity contribution in [1.82, 2.24) is 14.5 Å². The van der Waals surface area contributed by atoms with Crippen LogP contribution in [0.3, 0.4) is 0 Å². The third-order valence-corrected chi connectivity index (χ3v) is 7.04. The van der Waals surface area contributed by atoms with Crippen LogP contribution in [0.4, 0.5) is 0 Å². The van der Waals surface area contributed by atoms with Gasteiger partial charge in [-0.2, -0.15) is 4.31 Å². The van der Waals surface area contributed by atoms with Crippen LogP contribution < -0.4 is 10.1 Å². The summed E-state index contributed by atoms with van der Waals surface area (Å²) in [7, 11) is -2.07. The molecule has 0 radical (unpaired) electrons. The first kappa shape index (κ1) is 24.2. The minimum Gasteiger partial charge on any atom is -0.484 e. The summed E-state index contributed by atoms with van der Waals surface area (Å²) in [5.74, 6) is 0.240. The molecular weight excluding hydrogens is 430 g/mol. The number of hydrogen-bond donors (Lipinski definition) is 1. The summed E-state index contributed by atoms with van der Waals surface area (Å²) in [4.78, 5) is 14.5. The Hall–Kier alpha value is -2.46. The fraction of sp³-hybridized carbons (Fsp3) is 0.435. The molecule has 1 aliphatic heterocycles. The van der Waals surface area contributed by atoms with Crippen LogP contribution in [0.5, 0.6) is 5.75 Å². The van der Waals surface area contributed by atoms with Gasteiger partial charge in [-0.25, -0.2) is 8.42 Å². The van der Waals surface area contributed by atoms with Crippen LogP contribution in [0.15, 0.2) is 59.5 Å². The lowest BCUT2D eigenvalue weighted by Crippen LogP contribution is -2.38. The molecule has 0 bridgehead atoms. The van der Waals surface area contributed by atoms with Gasteiger partial charge < -0.3 is 14.8 Å². The molecule has 0 spiro atoms. The molecule has 0 atom stereocenters. The molecule has 0 aliphatic carbocycles. The molecule has 1 fully saturated rings. The number of hydrogen-bond acceptors (Lipinski definition) is 6. The van der Waals surface area contributed by atoms with Crippen LogP contribution >= 0.6 is 0 Å². The number of carbonyl (C=O) groups is 1. The smallest absolute Gasteiger partial charge is 0.257 e. The van der Waals surface area contributed by atoms with E-state index in [9.17, 15) is 13.2 Å². The van der Waals surface area contributed by atoms with Gasteiger partial charge in [0.15, 0.2) is 6.61 Å². The minimum atomic E-state index is -3.62. The molecule has 0 saturated carbocycles. The van der Waals surface area contributed by atoms with E-state index >= 15 is 0 Å². The molecule has 0 unspecified atom stereocenters. The van der Waals surface area contributed by atoms with E-state index < -0.39 is 10.0 Å². The second-order valence-electron chi connectivity index (χ2n) is 7.66. The average molecular weight is 462 g/mol. The van der Waals surface area contributed by atoms with E-state index in [2.05, 4.69) is 10.2 Å². The number of nitrogens with zero attached hydrogens (tertiary/aromatic N) is 2. The van der Waals surface area contributed by atoms with Crippen molar-refractivity contribution in [3.8, 4) is 5.75 Å². The zero-order valence-corrected chi connectivity index (χ0v) is 19.2. The van der Waals surface area contributed by atoms with Gasteiger partial charge >= 0.3 is 0 Å². The first-order valence-corrected chi connectivity index (χ1v) is 12.2. The van der Waals surface area contributed by atoms with Crippen LogP contribution in [0.1, 0.15) is 12.0 Å². The molecular formula is C23H31N3O5S. The summed E-state index contributed by atoms with van der Waals surface area (Å²) in [5, 5.41) is 2.84. The van der Waals surface area contributed by atoms with E-state index in [1.807, 2.05) is 30.3 Å². The summed E-state index contributed by atoms with van der Waals surface area (Å²) >= 11 is 0. The first-order chi connectivity index (χ1) is 15.4. The van der Waals surface area contributed by atoms with E-state index in [0.29, 0.717) is 12.3 Å². The van der Waals surface area contributed by atoms with E-state index in [-0.39, 0.29) is 24.0 Å². The Bertz CT molecular complexity index is 945. The predicted octanol–water partition coefficient (Wildman–Crippen LogP) is 1.72. The summed E-state index contributed by atoms with van der Waals surface area (Å²) in [6.45, 7) is 5.09. The highest BCUT2D eigenvalue weighted by Gasteiger charge is 2.21. The number of benzene rings is 2. The van der Waals surface area contributed by atoms with Crippen molar-refractivity contribution in [3.63, 3.8) is 0 Å². The van der Waals surface area contributed by atoms with E-state index in [4.69, 9.17) is 9.47 Å². The molecule has 1 N–H and O–H groups in total. The number of carbonyl (C=O) groups excluding carboxylic acids is 1. The van der Waals surface area contributed by atoms with E-state index in [0.717, 1.165) is 44.8 Å². The largest absolute Gasteiger partial charge is 0.484 e. The van der Waals surface area contributed by atoms with Gasteiger partial charge in [-0.3, -0.25) is 9.69 Å². The normalized spacial score (nSPS) is 14.9. The monoisotopic (exact) mass is 461 g/mol. The highest BCUT2D eigenvalue weighted by Crippen LogP contribution is 2.20. The molecule has 8 nitrogen and oxygen atoms in total. The fourth-order valence-corrected chi connectivity index (χ4v) is 4.53. The maximum absolute atomic E-state index is 12.8. The van der Waals surface area contributed by atoms with Gasteiger partial charge in [0.05, 0.1) is 18.1 Å². The minimum absolute atomic E-state index is 0.114. The van der Waals surface area contributed by atoms with Gasteiger partial charge in [-0.1, -0.05) is 30.3 Å². The third-order valence-electron chi connectivity index (χ3n) is 5.23. The number of nitrogens with one attached hydrogen (secondary N) is 1. The molecule has 1 amide bonds. The Balaban J connectivity index is 1.41. The van der Waals surface area contributed by atoms with Gasteiger partial charge in [0.25, 0.3) is 5.91 Å². The second kappa shape index (κ2) is 12.0. The summed E-state index contributed by atoms with van der Waals surface area (Å²) < 4.78 is 37.7. The van der Waals surface area contributed by atoms with E-state index in [1.165, 1.54) is 16.4 Å². The Kier molecular flexibility index (Phi) is 9.04. The van der Waals surface area contributed by atoms with Crippen molar-refractivity contribution in [2.45, 2.75) is 17.9 Å². The summed E-state index contributed by atoms with van der Waals surface area (Å²) in [6, 6.07) is 15.5. The third kappa shape index (κ3) is 7.30. The molecule has 1 saturated heterocycles. The number of amides is 1. The van der Waals surface area contributed by atoms with Crippen molar-refractivity contribution in [2.75, 3.05) is 53.0 Å². The SMILES string of the molecule is CN(Cc1ccccc1)S(=O)(=O)c1ccc(OCC(=O)NCCCN2CCOCC2)cc1. The van der Waals surface area contributed by atoms with Gasteiger partial charge in [0.2, 0.25) is 10.0 Å². The van der Waals surface area contributed by atoms with Crippen LogP contribution in [-0.2, 0) is 26.1 Å². The lowest BCUT2D eigenvalue weighted by molar-refractivity contribution is -0.123. The number of ether oxygens (including phenoxy) is 2. The Morgan fingerprint density at radius 1 is 1.09 bits per heavy atom. The fourth-order valence-electron chi connectivity index (χ4n) is 3.37. The molecule has 9 heteroatoms. The quantitative estimate of drug-likeness (QED) is 0.513. The maximum Gasteiger partial charge on any atom is 0.257 e.